The van der Waals surface area contributed by atoms with E-state index in [0.717, 1.165) is 36.1 Å². The molecule has 1 heteroatoms. The van der Waals surface area contributed by atoms with E-state index in [4.69, 9.17) is 5.73 Å². The zero-order valence-electron chi connectivity index (χ0n) is 13.2. The summed E-state index contributed by atoms with van der Waals surface area (Å²) in [6, 6.07) is 0. The fourth-order valence-corrected chi connectivity index (χ4v) is 6.84. The largest absolute Gasteiger partial charge is 0.330 e. The van der Waals surface area contributed by atoms with Crippen molar-refractivity contribution in [3.63, 3.8) is 0 Å². The van der Waals surface area contributed by atoms with Crippen LogP contribution in [0.5, 0.6) is 0 Å². The normalized spacial score (nSPS) is 46.4. The second-order valence-corrected chi connectivity index (χ2v) is 8.92. The second-order valence-electron chi connectivity index (χ2n) is 8.92. The molecule has 5 saturated carbocycles. The van der Waals surface area contributed by atoms with E-state index in [0.29, 0.717) is 5.41 Å². The Labute approximate surface area is 125 Å². The highest BCUT2D eigenvalue weighted by Gasteiger charge is 2.49. The molecule has 0 heterocycles. The molecular formula is C19H33N. The average Bonchev–Trinajstić information content (AvgIpc) is 2.68. The fraction of sp³-hybridized carbons (Fsp3) is 1.00. The molecule has 5 fully saturated rings. The first-order valence-electron chi connectivity index (χ1n) is 9.48. The quantitative estimate of drug-likeness (QED) is 0.739. The Balaban J connectivity index is 1.49. The van der Waals surface area contributed by atoms with Crippen LogP contribution in [0.15, 0.2) is 0 Å². The Morgan fingerprint density at radius 2 is 1.30 bits per heavy atom. The van der Waals surface area contributed by atoms with Gasteiger partial charge in [-0.1, -0.05) is 25.7 Å². The molecule has 2 N–H and O–H groups in total. The van der Waals surface area contributed by atoms with E-state index in [1.807, 2.05) is 0 Å². The van der Waals surface area contributed by atoms with Gasteiger partial charge in [0.1, 0.15) is 0 Å². The van der Waals surface area contributed by atoms with Crippen LogP contribution in [-0.2, 0) is 0 Å². The minimum absolute atomic E-state index is 0.538. The lowest BCUT2D eigenvalue weighted by Crippen LogP contribution is -2.47. The molecule has 20 heavy (non-hydrogen) atoms. The van der Waals surface area contributed by atoms with Crippen molar-refractivity contribution in [3.05, 3.63) is 0 Å². The van der Waals surface area contributed by atoms with Gasteiger partial charge in [0.2, 0.25) is 0 Å². The Kier molecular flexibility index (Phi) is 3.61. The lowest BCUT2D eigenvalue weighted by atomic mass is 9.49. The highest BCUT2D eigenvalue weighted by Crippen LogP contribution is 2.59. The van der Waals surface area contributed by atoms with Gasteiger partial charge in [0, 0.05) is 0 Å². The van der Waals surface area contributed by atoms with E-state index in [9.17, 15) is 0 Å². The molecular weight excluding hydrogens is 242 g/mol. The molecule has 5 aliphatic carbocycles. The predicted octanol–water partition coefficient (Wildman–Crippen LogP) is 4.75. The van der Waals surface area contributed by atoms with Gasteiger partial charge in [-0.2, -0.15) is 0 Å². The molecule has 5 aliphatic rings. The van der Waals surface area contributed by atoms with Crippen LogP contribution in [0.25, 0.3) is 0 Å². The highest BCUT2D eigenvalue weighted by atomic mass is 14.6. The molecule has 0 atom stereocenters. The van der Waals surface area contributed by atoms with Crippen LogP contribution in [0, 0.1) is 35.0 Å². The van der Waals surface area contributed by atoms with Crippen LogP contribution in [0.4, 0.5) is 0 Å². The van der Waals surface area contributed by atoms with Crippen molar-refractivity contribution in [2.45, 2.75) is 77.0 Å². The van der Waals surface area contributed by atoms with E-state index in [-0.39, 0.29) is 0 Å². The van der Waals surface area contributed by atoms with Crippen molar-refractivity contribution >= 4 is 0 Å². The molecule has 0 unspecified atom stereocenters. The van der Waals surface area contributed by atoms with E-state index >= 15 is 0 Å². The van der Waals surface area contributed by atoms with E-state index in [2.05, 4.69) is 0 Å². The first-order chi connectivity index (χ1) is 9.78. The summed E-state index contributed by atoms with van der Waals surface area (Å²) in [6.45, 7) is 0.968. The van der Waals surface area contributed by atoms with Gasteiger partial charge in [0.05, 0.1) is 0 Å². The smallest absolute Gasteiger partial charge is 0.00204 e. The topological polar surface area (TPSA) is 26.0 Å². The summed E-state index contributed by atoms with van der Waals surface area (Å²) >= 11 is 0. The van der Waals surface area contributed by atoms with E-state index in [1.54, 1.807) is 32.1 Å². The molecule has 5 rings (SSSR count). The van der Waals surface area contributed by atoms with Crippen molar-refractivity contribution in [3.8, 4) is 0 Å². The van der Waals surface area contributed by atoms with Crippen molar-refractivity contribution < 1.29 is 0 Å². The zero-order valence-corrected chi connectivity index (χ0v) is 13.2. The summed E-state index contributed by atoms with van der Waals surface area (Å²) < 4.78 is 0. The van der Waals surface area contributed by atoms with Gasteiger partial charge in [0.25, 0.3) is 0 Å². The second kappa shape index (κ2) is 5.30. The first kappa shape index (κ1) is 13.6. The fourth-order valence-electron chi connectivity index (χ4n) is 6.84. The Morgan fingerprint density at radius 1 is 0.750 bits per heavy atom. The maximum Gasteiger partial charge on any atom is -0.00204 e. The average molecular weight is 275 g/mol. The predicted molar refractivity (Wildman–Crippen MR) is 84.3 cm³/mol. The Bertz CT molecular complexity index is 312. The van der Waals surface area contributed by atoms with Crippen LogP contribution < -0.4 is 5.73 Å². The van der Waals surface area contributed by atoms with Crippen LogP contribution in [0.3, 0.4) is 0 Å². The van der Waals surface area contributed by atoms with Gasteiger partial charge < -0.3 is 5.73 Å². The molecule has 1 nitrogen and oxygen atoms in total. The molecule has 0 aromatic heterocycles. The van der Waals surface area contributed by atoms with Gasteiger partial charge in [-0.3, -0.25) is 0 Å². The van der Waals surface area contributed by atoms with Crippen molar-refractivity contribution in [1.82, 2.24) is 0 Å². The maximum absolute atomic E-state index is 6.31. The first-order valence-corrected chi connectivity index (χ1v) is 9.48. The molecule has 0 spiro atoms. The van der Waals surface area contributed by atoms with Crippen LogP contribution in [0.1, 0.15) is 77.0 Å². The molecule has 0 amide bonds. The summed E-state index contributed by atoms with van der Waals surface area (Å²) in [5.74, 6) is 5.49. The summed E-state index contributed by atoms with van der Waals surface area (Å²) in [5.41, 5.74) is 6.85. The zero-order chi connectivity index (χ0) is 13.6. The van der Waals surface area contributed by atoms with E-state index < -0.39 is 0 Å². The third-order valence-corrected chi connectivity index (χ3v) is 7.69. The summed E-state index contributed by atoms with van der Waals surface area (Å²) in [5, 5.41) is 0. The monoisotopic (exact) mass is 275 g/mol. The molecule has 0 aliphatic heterocycles. The number of rotatable bonds is 3. The third kappa shape index (κ3) is 2.34. The van der Waals surface area contributed by atoms with Crippen LogP contribution in [-0.4, -0.2) is 6.54 Å². The van der Waals surface area contributed by atoms with E-state index in [1.165, 1.54) is 44.9 Å². The minimum Gasteiger partial charge on any atom is -0.330 e. The minimum atomic E-state index is 0.538. The number of hydrogen-bond donors (Lipinski definition) is 1. The molecule has 0 aromatic rings. The summed E-state index contributed by atoms with van der Waals surface area (Å²) in [4.78, 5) is 0. The van der Waals surface area contributed by atoms with Gasteiger partial charge in [-0.25, -0.2) is 0 Å². The highest BCUT2D eigenvalue weighted by molar-refractivity contribution is 5.00. The third-order valence-electron chi connectivity index (χ3n) is 7.69. The van der Waals surface area contributed by atoms with Crippen molar-refractivity contribution in [1.29, 1.82) is 0 Å². The van der Waals surface area contributed by atoms with Crippen molar-refractivity contribution in [2.75, 3.05) is 6.54 Å². The van der Waals surface area contributed by atoms with Gasteiger partial charge in [-0.05, 0) is 92.9 Å². The van der Waals surface area contributed by atoms with Crippen LogP contribution in [0.2, 0.25) is 0 Å². The molecule has 114 valence electrons. The summed E-state index contributed by atoms with van der Waals surface area (Å²) in [6.07, 6.45) is 18.1. The standard InChI is InChI=1S/C19H33N/c20-13-19(5-3-1-2-4-6-19)12-18-16-8-14-7-15(10-16)11-17(18)9-14/h14-18H,1-13,20H2. The number of hydrogen-bond acceptors (Lipinski definition) is 1. The van der Waals surface area contributed by atoms with Gasteiger partial charge >= 0.3 is 0 Å². The molecule has 0 saturated heterocycles. The Hall–Kier alpha value is -0.0400. The SMILES string of the molecule is NCC1(CC2C3CC4CC(C3)CC2C4)CCCCCC1. The molecule has 4 bridgehead atoms. The lowest BCUT2D eigenvalue weighted by molar-refractivity contribution is -0.0571. The Morgan fingerprint density at radius 3 is 1.80 bits per heavy atom. The van der Waals surface area contributed by atoms with Gasteiger partial charge in [0.15, 0.2) is 0 Å². The molecule has 0 aromatic carbocycles. The number of nitrogens with two attached hydrogens (primary N) is 1. The summed E-state index contributed by atoms with van der Waals surface area (Å²) in [7, 11) is 0. The van der Waals surface area contributed by atoms with Crippen molar-refractivity contribution in [2.24, 2.45) is 40.7 Å². The molecule has 0 radical (unpaired) electrons. The van der Waals surface area contributed by atoms with Crippen LogP contribution >= 0.6 is 0 Å². The van der Waals surface area contributed by atoms with Gasteiger partial charge in [-0.15, -0.1) is 0 Å². The maximum atomic E-state index is 6.31. The lowest BCUT2D eigenvalue weighted by Gasteiger charge is -2.56.